The largest absolute Gasteiger partial charge is 0.462 e. The molecule has 0 spiro atoms. The zero-order valence-electron chi connectivity index (χ0n) is 17.2. The van der Waals surface area contributed by atoms with Crippen molar-refractivity contribution >= 4 is 5.97 Å². The Kier molecular flexibility index (Phi) is 15.4. The Bertz CT molecular complexity index is 384. The third kappa shape index (κ3) is 15.2. The molecule has 1 rings (SSSR count). The van der Waals surface area contributed by atoms with E-state index in [0.29, 0.717) is 6.42 Å². The van der Waals surface area contributed by atoms with Gasteiger partial charge in [-0.3, -0.25) is 4.79 Å². The minimum atomic E-state index is -0.0247. The number of hydrogen-bond donors (Lipinski definition) is 0. The highest BCUT2D eigenvalue weighted by molar-refractivity contribution is 5.69. The van der Waals surface area contributed by atoms with Gasteiger partial charge in [-0.15, -0.1) is 0 Å². The quantitative estimate of drug-likeness (QED) is 0.326. The summed E-state index contributed by atoms with van der Waals surface area (Å²) < 4.78 is 5.48. The van der Waals surface area contributed by atoms with Crippen molar-refractivity contribution in [1.82, 2.24) is 0 Å². The molecule has 0 aliphatic carbocycles. The van der Waals surface area contributed by atoms with Gasteiger partial charge in [0, 0.05) is 12.8 Å². The van der Waals surface area contributed by atoms with Crippen molar-refractivity contribution in [2.45, 2.75) is 122 Å². The molecule has 0 amide bonds. The van der Waals surface area contributed by atoms with E-state index in [1.165, 1.54) is 70.6 Å². The highest BCUT2D eigenvalue weighted by Crippen LogP contribution is 2.14. The lowest BCUT2D eigenvalue weighted by molar-refractivity contribution is -0.148. The molecule has 0 N–H and O–H groups in total. The van der Waals surface area contributed by atoms with Gasteiger partial charge in [-0.2, -0.15) is 0 Å². The average molecular weight is 363 g/mol. The molecule has 1 aliphatic rings. The van der Waals surface area contributed by atoms with Gasteiger partial charge in [0.25, 0.3) is 0 Å². The first-order valence-electron chi connectivity index (χ1n) is 11.3. The van der Waals surface area contributed by atoms with Crippen molar-refractivity contribution in [3.63, 3.8) is 0 Å². The summed E-state index contributed by atoms with van der Waals surface area (Å²) >= 11 is 0. The van der Waals surface area contributed by atoms with Crippen LogP contribution >= 0.6 is 0 Å². The van der Waals surface area contributed by atoms with Crippen molar-refractivity contribution in [3.8, 4) is 0 Å². The molecule has 26 heavy (non-hydrogen) atoms. The number of cyclic esters (lactones) is 1. The number of carbonyl (C=O) groups is 1. The minimum absolute atomic E-state index is 0.000152. The molecule has 2 nitrogen and oxygen atoms in total. The maximum atomic E-state index is 11.8. The number of rotatable bonds is 0. The second-order valence-electron chi connectivity index (χ2n) is 7.84. The Morgan fingerprint density at radius 1 is 0.654 bits per heavy atom. The third-order valence-corrected chi connectivity index (χ3v) is 5.14. The van der Waals surface area contributed by atoms with Crippen molar-refractivity contribution in [3.05, 3.63) is 24.3 Å². The predicted octanol–water partition coefficient (Wildman–Crippen LogP) is 7.68. The first-order chi connectivity index (χ1) is 12.8. The summed E-state index contributed by atoms with van der Waals surface area (Å²) in [7, 11) is 0. The summed E-state index contributed by atoms with van der Waals surface area (Å²) in [6.07, 6.45) is 29.7. The molecule has 0 saturated heterocycles. The van der Waals surface area contributed by atoms with Gasteiger partial charge in [-0.1, -0.05) is 88.5 Å². The molecule has 1 unspecified atom stereocenters. The van der Waals surface area contributed by atoms with Crippen LogP contribution < -0.4 is 0 Å². The third-order valence-electron chi connectivity index (χ3n) is 5.14. The fourth-order valence-electron chi connectivity index (χ4n) is 3.46. The van der Waals surface area contributed by atoms with Crippen LogP contribution in [0.5, 0.6) is 0 Å². The lowest BCUT2D eigenvalue weighted by Gasteiger charge is -2.11. The van der Waals surface area contributed by atoms with E-state index >= 15 is 0 Å². The van der Waals surface area contributed by atoms with Gasteiger partial charge >= 0.3 is 5.97 Å². The molecular formula is C24H42O2. The van der Waals surface area contributed by atoms with Crippen molar-refractivity contribution < 1.29 is 9.53 Å². The topological polar surface area (TPSA) is 26.3 Å². The van der Waals surface area contributed by atoms with E-state index in [2.05, 4.69) is 24.3 Å². The molecule has 0 aromatic carbocycles. The molecule has 0 radical (unpaired) electrons. The number of allylic oxidation sites excluding steroid dienone is 3. The predicted molar refractivity (Wildman–Crippen MR) is 112 cm³/mol. The van der Waals surface area contributed by atoms with Gasteiger partial charge in [-0.25, -0.2) is 0 Å². The summed E-state index contributed by atoms with van der Waals surface area (Å²) in [6, 6.07) is 0. The molecule has 1 atom stereocenters. The zero-order valence-corrected chi connectivity index (χ0v) is 17.2. The van der Waals surface area contributed by atoms with Crippen LogP contribution in [0.1, 0.15) is 116 Å². The van der Waals surface area contributed by atoms with E-state index in [1.54, 1.807) is 0 Å². The average Bonchev–Trinajstić information content (AvgIpc) is 2.62. The molecule has 2 heteroatoms. The van der Waals surface area contributed by atoms with Gasteiger partial charge in [-0.05, 0) is 39.0 Å². The first-order valence-corrected chi connectivity index (χ1v) is 11.3. The van der Waals surface area contributed by atoms with Gasteiger partial charge < -0.3 is 4.74 Å². The minimum Gasteiger partial charge on any atom is -0.462 e. The summed E-state index contributed by atoms with van der Waals surface area (Å²) in [5, 5.41) is 0. The maximum Gasteiger partial charge on any atom is 0.306 e. The van der Waals surface area contributed by atoms with Gasteiger partial charge in [0.05, 0.1) is 0 Å². The molecule has 1 aliphatic heterocycles. The molecule has 0 bridgehead atoms. The fourth-order valence-corrected chi connectivity index (χ4v) is 3.46. The lowest BCUT2D eigenvalue weighted by atomic mass is 10.0. The van der Waals surface area contributed by atoms with Crippen LogP contribution in [0.2, 0.25) is 0 Å². The lowest BCUT2D eigenvalue weighted by Crippen LogP contribution is -2.13. The van der Waals surface area contributed by atoms with E-state index in [1.807, 2.05) is 6.92 Å². The Labute approximate surface area is 162 Å². The maximum absolute atomic E-state index is 11.8. The first kappa shape index (κ1) is 23.0. The van der Waals surface area contributed by atoms with E-state index in [9.17, 15) is 4.79 Å². The van der Waals surface area contributed by atoms with Crippen molar-refractivity contribution in [2.24, 2.45) is 0 Å². The number of ether oxygens (including phenoxy) is 1. The van der Waals surface area contributed by atoms with Crippen LogP contribution in [-0.2, 0) is 9.53 Å². The van der Waals surface area contributed by atoms with Gasteiger partial charge in [0.15, 0.2) is 0 Å². The van der Waals surface area contributed by atoms with Crippen LogP contribution in [0.3, 0.4) is 0 Å². The smallest absolute Gasteiger partial charge is 0.306 e. The summed E-state index contributed by atoms with van der Waals surface area (Å²) in [4.78, 5) is 11.8. The Morgan fingerprint density at radius 3 is 1.73 bits per heavy atom. The van der Waals surface area contributed by atoms with E-state index in [0.717, 1.165) is 32.1 Å². The monoisotopic (exact) mass is 362 g/mol. The van der Waals surface area contributed by atoms with Crippen LogP contribution in [-0.4, -0.2) is 12.1 Å². The Morgan fingerprint density at radius 2 is 1.12 bits per heavy atom. The molecule has 150 valence electrons. The molecule has 0 fully saturated rings. The molecule has 0 aromatic rings. The molecule has 1 heterocycles. The Balaban J connectivity index is 2.25. The highest BCUT2D eigenvalue weighted by atomic mass is 16.5. The van der Waals surface area contributed by atoms with E-state index in [4.69, 9.17) is 4.74 Å². The van der Waals surface area contributed by atoms with Crippen LogP contribution in [0.4, 0.5) is 0 Å². The molecular weight excluding hydrogens is 320 g/mol. The van der Waals surface area contributed by atoms with E-state index in [-0.39, 0.29) is 12.1 Å². The van der Waals surface area contributed by atoms with Gasteiger partial charge in [0.2, 0.25) is 0 Å². The van der Waals surface area contributed by atoms with Gasteiger partial charge in [0.1, 0.15) is 6.10 Å². The Hall–Kier alpha value is -1.05. The van der Waals surface area contributed by atoms with E-state index < -0.39 is 0 Å². The number of esters is 1. The zero-order chi connectivity index (χ0) is 18.7. The number of carbonyl (C=O) groups excluding carboxylic acids is 1. The summed E-state index contributed by atoms with van der Waals surface area (Å²) in [5.41, 5.74) is 0. The summed E-state index contributed by atoms with van der Waals surface area (Å²) in [5.74, 6) is -0.0247. The normalized spacial score (nSPS) is 27.0. The second kappa shape index (κ2) is 17.4. The second-order valence-corrected chi connectivity index (χ2v) is 7.84. The molecule has 0 saturated carbocycles. The SMILES string of the molecule is CC1C/C=C/CC/C=C/CCCCCCCCCCCCCCC(=O)O1. The van der Waals surface area contributed by atoms with Crippen LogP contribution in [0, 0.1) is 0 Å². The standard InChI is InChI=1S/C24H42O2/c1-23-21-19-17-15-13-11-9-7-5-3-2-4-6-8-10-12-14-16-18-20-22-24(25)26-23/h9,11,17,19,23H,2-8,10,12-16,18,20-22H2,1H3/b11-9+,19-17+. The highest BCUT2D eigenvalue weighted by Gasteiger charge is 2.07. The fraction of sp³-hybridized carbons (Fsp3) is 0.792. The molecule has 0 aromatic heterocycles. The number of hydrogen-bond acceptors (Lipinski definition) is 2. The van der Waals surface area contributed by atoms with Crippen molar-refractivity contribution in [2.75, 3.05) is 0 Å². The summed E-state index contributed by atoms with van der Waals surface area (Å²) in [6.45, 7) is 1.99. The van der Waals surface area contributed by atoms with Crippen LogP contribution in [0.15, 0.2) is 24.3 Å². The van der Waals surface area contributed by atoms with Crippen LogP contribution in [0.25, 0.3) is 0 Å². The van der Waals surface area contributed by atoms with Crippen molar-refractivity contribution in [1.29, 1.82) is 0 Å².